The van der Waals surface area contributed by atoms with E-state index in [9.17, 15) is 18.0 Å². The lowest BCUT2D eigenvalue weighted by Gasteiger charge is -2.26. The molecule has 0 atom stereocenters. The number of hydrogen-bond donors (Lipinski definition) is 1. The molecule has 1 amide bonds. The molecule has 0 aromatic carbocycles. The Labute approximate surface area is 153 Å². The van der Waals surface area contributed by atoms with Crippen molar-refractivity contribution in [1.82, 2.24) is 14.2 Å². The Morgan fingerprint density at radius 2 is 1.85 bits per heavy atom. The Morgan fingerprint density at radius 1 is 1.15 bits per heavy atom. The van der Waals surface area contributed by atoms with Crippen molar-refractivity contribution in [2.75, 3.05) is 26.3 Å². The van der Waals surface area contributed by atoms with Gasteiger partial charge in [0.25, 0.3) is 5.56 Å². The predicted octanol–water partition coefficient (Wildman–Crippen LogP) is 0.318. The Kier molecular flexibility index (Phi) is 6.10. The van der Waals surface area contributed by atoms with E-state index in [0.717, 1.165) is 30.3 Å². The molecule has 1 N–H and O–H groups in total. The number of morpholine rings is 1. The summed E-state index contributed by atoms with van der Waals surface area (Å²) in [5, 5.41) is 2.94. The van der Waals surface area contributed by atoms with Crippen LogP contribution in [0.1, 0.15) is 32.1 Å². The number of carbonyl (C=O) groups excluding carboxylic acids is 1. The fraction of sp³-hybridized carbons (Fsp3) is 0.647. The number of carbonyl (C=O) groups is 1. The number of aromatic nitrogens is 1. The van der Waals surface area contributed by atoms with Gasteiger partial charge in [0.2, 0.25) is 15.9 Å². The average Bonchev–Trinajstić information content (AvgIpc) is 2.65. The molecule has 1 aromatic heterocycles. The summed E-state index contributed by atoms with van der Waals surface area (Å²) in [5.74, 6) is -0.264. The molecule has 1 aliphatic carbocycles. The van der Waals surface area contributed by atoms with Gasteiger partial charge in [0.15, 0.2) is 0 Å². The second-order valence-corrected chi connectivity index (χ2v) is 8.69. The molecule has 3 rings (SSSR count). The number of nitrogens with zero attached hydrogens (tertiary/aromatic N) is 2. The molecule has 1 aliphatic heterocycles. The first-order valence-electron chi connectivity index (χ1n) is 9.04. The van der Waals surface area contributed by atoms with E-state index in [-0.39, 0.29) is 36.5 Å². The van der Waals surface area contributed by atoms with E-state index < -0.39 is 15.6 Å². The molecular formula is C17H25N3O5S. The molecule has 8 nitrogen and oxygen atoms in total. The maximum absolute atomic E-state index is 12.7. The number of amides is 1. The molecule has 0 bridgehead atoms. The molecule has 2 fully saturated rings. The van der Waals surface area contributed by atoms with Gasteiger partial charge in [-0.15, -0.1) is 0 Å². The first-order chi connectivity index (χ1) is 12.5. The fourth-order valence-electron chi connectivity index (χ4n) is 3.40. The zero-order chi connectivity index (χ0) is 18.6. The highest BCUT2D eigenvalue weighted by Crippen LogP contribution is 2.18. The van der Waals surface area contributed by atoms with E-state index in [4.69, 9.17) is 4.74 Å². The van der Waals surface area contributed by atoms with Crippen molar-refractivity contribution < 1.29 is 17.9 Å². The lowest BCUT2D eigenvalue weighted by Crippen LogP contribution is -2.41. The van der Waals surface area contributed by atoms with Crippen molar-refractivity contribution in [3.8, 4) is 0 Å². The van der Waals surface area contributed by atoms with Gasteiger partial charge in [0.1, 0.15) is 6.54 Å². The second kappa shape index (κ2) is 8.32. The first-order valence-corrected chi connectivity index (χ1v) is 10.5. The van der Waals surface area contributed by atoms with Gasteiger partial charge in [-0.2, -0.15) is 4.31 Å². The van der Waals surface area contributed by atoms with Crippen molar-refractivity contribution in [1.29, 1.82) is 0 Å². The van der Waals surface area contributed by atoms with Crippen LogP contribution >= 0.6 is 0 Å². The Morgan fingerprint density at radius 3 is 2.54 bits per heavy atom. The third-order valence-electron chi connectivity index (χ3n) is 4.85. The number of hydrogen-bond acceptors (Lipinski definition) is 5. The highest BCUT2D eigenvalue weighted by molar-refractivity contribution is 7.89. The predicted molar refractivity (Wildman–Crippen MR) is 95.3 cm³/mol. The molecule has 2 heterocycles. The van der Waals surface area contributed by atoms with Gasteiger partial charge in [-0.05, 0) is 18.9 Å². The fourth-order valence-corrected chi connectivity index (χ4v) is 4.82. The van der Waals surface area contributed by atoms with Crippen LogP contribution in [0.3, 0.4) is 0 Å². The van der Waals surface area contributed by atoms with E-state index >= 15 is 0 Å². The van der Waals surface area contributed by atoms with Gasteiger partial charge >= 0.3 is 0 Å². The van der Waals surface area contributed by atoms with Crippen molar-refractivity contribution in [2.24, 2.45) is 0 Å². The van der Waals surface area contributed by atoms with E-state index in [0.29, 0.717) is 13.2 Å². The van der Waals surface area contributed by atoms with Crippen molar-refractivity contribution in [3.63, 3.8) is 0 Å². The summed E-state index contributed by atoms with van der Waals surface area (Å²) in [4.78, 5) is 24.3. The van der Waals surface area contributed by atoms with Crippen molar-refractivity contribution >= 4 is 15.9 Å². The van der Waals surface area contributed by atoms with Gasteiger partial charge in [-0.1, -0.05) is 19.3 Å². The zero-order valence-electron chi connectivity index (χ0n) is 14.7. The topological polar surface area (TPSA) is 97.7 Å². The lowest BCUT2D eigenvalue weighted by molar-refractivity contribution is -0.122. The Bertz CT molecular complexity index is 793. The Balaban J connectivity index is 1.72. The molecule has 2 aliphatic rings. The SMILES string of the molecule is O=C(Cn1cc(S(=O)(=O)N2CCOCC2)ccc1=O)NC1CCCCC1. The largest absolute Gasteiger partial charge is 0.379 e. The molecule has 0 radical (unpaired) electrons. The minimum atomic E-state index is -3.70. The average molecular weight is 383 g/mol. The van der Waals surface area contributed by atoms with Gasteiger partial charge < -0.3 is 14.6 Å². The highest BCUT2D eigenvalue weighted by atomic mass is 32.2. The molecule has 1 aromatic rings. The summed E-state index contributed by atoms with van der Waals surface area (Å²) < 4.78 is 33.1. The van der Waals surface area contributed by atoms with Crippen LogP contribution in [0.25, 0.3) is 0 Å². The molecule has 26 heavy (non-hydrogen) atoms. The number of nitrogens with one attached hydrogen (secondary N) is 1. The van der Waals surface area contributed by atoms with Crippen LogP contribution in [-0.2, 0) is 26.1 Å². The van der Waals surface area contributed by atoms with Gasteiger partial charge in [0.05, 0.1) is 18.1 Å². The summed E-state index contributed by atoms with van der Waals surface area (Å²) in [6.45, 7) is 1.08. The number of pyridine rings is 1. The number of sulfonamides is 1. The van der Waals surface area contributed by atoms with Gasteiger partial charge in [-0.3, -0.25) is 9.59 Å². The number of rotatable bonds is 5. The van der Waals surface area contributed by atoms with Gasteiger partial charge in [0, 0.05) is 31.4 Å². The third-order valence-corrected chi connectivity index (χ3v) is 6.73. The molecule has 1 saturated heterocycles. The lowest BCUT2D eigenvalue weighted by atomic mass is 9.95. The Hall–Kier alpha value is -1.71. The van der Waals surface area contributed by atoms with E-state index in [2.05, 4.69) is 5.32 Å². The van der Waals surface area contributed by atoms with Crippen molar-refractivity contribution in [2.45, 2.75) is 49.6 Å². The second-order valence-electron chi connectivity index (χ2n) is 6.75. The van der Waals surface area contributed by atoms with Crippen LogP contribution in [0.5, 0.6) is 0 Å². The minimum absolute atomic E-state index is 0.0180. The van der Waals surface area contributed by atoms with Crippen LogP contribution in [0.4, 0.5) is 0 Å². The normalized spacial score (nSPS) is 20.0. The molecule has 9 heteroatoms. The molecular weight excluding hydrogens is 358 g/mol. The molecule has 0 unspecified atom stereocenters. The van der Waals surface area contributed by atoms with E-state index in [1.54, 1.807) is 0 Å². The first kappa shape index (κ1) is 19.1. The van der Waals surface area contributed by atoms with E-state index in [1.807, 2.05) is 0 Å². The minimum Gasteiger partial charge on any atom is -0.379 e. The standard InChI is InChI=1S/C17H25N3O5S/c21-16(18-14-4-2-1-3-5-14)13-19-12-15(6-7-17(19)22)26(23,24)20-8-10-25-11-9-20/h6-7,12,14H,1-5,8-11,13H2,(H,18,21). The summed E-state index contributed by atoms with van der Waals surface area (Å²) in [6.07, 6.45) is 6.54. The molecule has 144 valence electrons. The van der Waals surface area contributed by atoms with Crippen LogP contribution in [0, 0.1) is 0 Å². The quantitative estimate of drug-likeness (QED) is 0.790. The molecule has 0 spiro atoms. The summed E-state index contributed by atoms with van der Waals surface area (Å²) in [6, 6.07) is 2.64. The maximum atomic E-state index is 12.7. The van der Waals surface area contributed by atoms with E-state index in [1.165, 1.54) is 29.1 Å². The smallest absolute Gasteiger partial charge is 0.251 e. The number of ether oxygens (including phenoxy) is 1. The van der Waals surface area contributed by atoms with Crippen LogP contribution in [-0.4, -0.2) is 55.5 Å². The molecule has 1 saturated carbocycles. The summed E-state index contributed by atoms with van der Waals surface area (Å²) in [5.41, 5.74) is -0.398. The van der Waals surface area contributed by atoms with Gasteiger partial charge in [-0.25, -0.2) is 8.42 Å². The zero-order valence-corrected chi connectivity index (χ0v) is 15.5. The van der Waals surface area contributed by atoms with Crippen LogP contribution in [0.15, 0.2) is 28.0 Å². The van der Waals surface area contributed by atoms with Crippen LogP contribution in [0.2, 0.25) is 0 Å². The van der Waals surface area contributed by atoms with Crippen molar-refractivity contribution in [3.05, 3.63) is 28.7 Å². The highest BCUT2D eigenvalue weighted by Gasteiger charge is 2.27. The third kappa shape index (κ3) is 4.52. The monoisotopic (exact) mass is 383 g/mol. The summed E-state index contributed by atoms with van der Waals surface area (Å²) in [7, 11) is -3.70. The maximum Gasteiger partial charge on any atom is 0.251 e. The van der Waals surface area contributed by atoms with Crippen LogP contribution < -0.4 is 10.9 Å². The summed E-state index contributed by atoms with van der Waals surface area (Å²) >= 11 is 0.